The average molecular weight is 329 g/mol. The second kappa shape index (κ2) is 7.31. The van der Waals surface area contributed by atoms with E-state index in [1.165, 1.54) is 5.56 Å². The zero-order chi connectivity index (χ0) is 17.7. The first-order chi connectivity index (χ1) is 12.0. The van der Waals surface area contributed by atoms with E-state index in [9.17, 15) is 0 Å². The number of nitrogens with zero attached hydrogens (tertiary/aromatic N) is 2. The molecular weight excluding hydrogens is 306 g/mol. The van der Waals surface area contributed by atoms with Crippen molar-refractivity contribution in [3.63, 3.8) is 0 Å². The zero-order valence-corrected chi connectivity index (χ0v) is 14.9. The van der Waals surface area contributed by atoms with Gasteiger partial charge in [0.15, 0.2) is 0 Å². The summed E-state index contributed by atoms with van der Waals surface area (Å²) >= 11 is 0. The van der Waals surface area contributed by atoms with E-state index in [2.05, 4.69) is 60.5 Å². The molecule has 0 bridgehead atoms. The highest BCUT2D eigenvalue weighted by Gasteiger charge is 2.13. The molecule has 126 valence electrons. The normalized spacial score (nSPS) is 12.0. The van der Waals surface area contributed by atoms with Gasteiger partial charge >= 0.3 is 0 Å². The Kier molecular flexibility index (Phi) is 4.94. The predicted octanol–water partition coefficient (Wildman–Crippen LogP) is 5.24. The molecule has 1 N–H and O–H groups in total. The molecule has 1 aromatic heterocycles. The summed E-state index contributed by atoms with van der Waals surface area (Å²) in [4.78, 5) is 4.44. The van der Waals surface area contributed by atoms with E-state index in [1.54, 1.807) is 6.20 Å². The van der Waals surface area contributed by atoms with Crippen LogP contribution in [0.4, 0.5) is 5.69 Å². The molecule has 0 aliphatic carbocycles. The Hall–Kier alpha value is -2.94. The molecule has 0 fully saturated rings. The van der Waals surface area contributed by atoms with Gasteiger partial charge in [-0.05, 0) is 35.2 Å². The lowest BCUT2D eigenvalue weighted by molar-refractivity contribution is 0.590. The summed E-state index contributed by atoms with van der Waals surface area (Å²) in [6.45, 7) is 6.63. The monoisotopic (exact) mass is 329 g/mol. The lowest BCUT2D eigenvalue weighted by Crippen LogP contribution is -2.11. The Morgan fingerprint density at radius 3 is 2.12 bits per heavy atom. The van der Waals surface area contributed by atoms with Gasteiger partial charge in [0.25, 0.3) is 0 Å². The molecule has 0 amide bonds. The fraction of sp³-hybridized carbons (Fsp3) is 0.182. The second-order valence-electron chi connectivity index (χ2n) is 6.98. The Balaban J connectivity index is 1.89. The summed E-state index contributed by atoms with van der Waals surface area (Å²) in [5.41, 5.74) is 8.26. The largest absolute Gasteiger partial charge is 0.278 e. The summed E-state index contributed by atoms with van der Waals surface area (Å²) in [6, 6.07) is 24.3. The third kappa shape index (κ3) is 4.32. The van der Waals surface area contributed by atoms with Crippen LogP contribution in [0.5, 0.6) is 0 Å². The van der Waals surface area contributed by atoms with Crippen molar-refractivity contribution >= 4 is 11.4 Å². The van der Waals surface area contributed by atoms with E-state index in [0.717, 1.165) is 22.7 Å². The highest BCUT2D eigenvalue weighted by molar-refractivity contribution is 6.11. The smallest absolute Gasteiger partial charge is 0.116 e. The summed E-state index contributed by atoms with van der Waals surface area (Å²) in [5.74, 6) is 0. The van der Waals surface area contributed by atoms with Gasteiger partial charge in [0, 0.05) is 11.8 Å². The maximum atomic E-state index is 4.63. The molecule has 3 heteroatoms. The van der Waals surface area contributed by atoms with E-state index in [0.29, 0.717) is 0 Å². The van der Waals surface area contributed by atoms with Gasteiger partial charge in [-0.2, -0.15) is 5.10 Å². The van der Waals surface area contributed by atoms with Crippen LogP contribution in [-0.2, 0) is 5.41 Å². The topological polar surface area (TPSA) is 37.3 Å². The minimum atomic E-state index is 0.144. The molecule has 3 aromatic rings. The van der Waals surface area contributed by atoms with Gasteiger partial charge in [0.1, 0.15) is 5.71 Å². The lowest BCUT2D eigenvalue weighted by Gasteiger charge is -2.19. The van der Waals surface area contributed by atoms with E-state index in [4.69, 9.17) is 0 Å². The Morgan fingerprint density at radius 2 is 1.52 bits per heavy atom. The molecule has 0 unspecified atom stereocenters. The van der Waals surface area contributed by atoms with Crippen LogP contribution in [0.2, 0.25) is 0 Å². The molecule has 0 saturated heterocycles. The Morgan fingerprint density at radius 1 is 0.840 bits per heavy atom. The summed E-state index contributed by atoms with van der Waals surface area (Å²) < 4.78 is 0. The third-order valence-corrected chi connectivity index (χ3v) is 4.00. The fourth-order valence-corrected chi connectivity index (χ4v) is 2.53. The molecule has 0 saturated carbocycles. The molecule has 2 aromatic carbocycles. The SMILES string of the molecule is CC(C)(C)c1ccc(NN=C(c2ccccc2)c2ccccn2)cc1. The van der Waals surface area contributed by atoms with Crippen molar-refractivity contribution in [3.8, 4) is 0 Å². The van der Waals surface area contributed by atoms with Crippen LogP contribution in [-0.4, -0.2) is 10.7 Å². The standard InChI is InChI=1S/C22H23N3/c1-22(2,3)18-12-14-19(15-13-18)24-25-21(17-9-5-4-6-10-17)20-11-7-8-16-23-20/h4-16,24H,1-3H3. The van der Waals surface area contributed by atoms with Crippen molar-refractivity contribution in [2.75, 3.05) is 5.43 Å². The van der Waals surface area contributed by atoms with Gasteiger partial charge in [0.05, 0.1) is 11.4 Å². The Labute approximate surface area is 149 Å². The van der Waals surface area contributed by atoms with Gasteiger partial charge in [-0.15, -0.1) is 0 Å². The molecule has 3 rings (SSSR count). The highest BCUT2D eigenvalue weighted by atomic mass is 15.3. The molecular formula is C22H23N3. The van der Waals surface area contributed by atoms with Crippen molar-refractivity contribution in [1.29, 1.82) is 0 Å². The number of hydrazone groups is 1. The molecule has 0 radical (unpaired) electrons. The number of hydrogen-bond donors (Lipinski definition) is 1. The molecule has 25 heavy (non-hydrogen) atoms. The van der Waals surface area contributed by atoms with Crippen LogP contribution in [0.3, 0.4) is 0 Å². The number of aromatic nitrogens is 1. The van der Waals surface area contributed by atoms with Crippen LogP contribution < -0.4 is 5.43 Å². The maximum absolute atomic E-state index is 4.63. The molecule has 0 atom stereocenters. The zero-order valence-electron chi connectivity index (χ0n) is 14.9. The van der Waals surface area contributed by atoms with Crippen LogP contribution in [0.1, 0.15) is 37.6 Å². The lowest BCUT2D eigenvalue weighted by atomic mass is 9.87. The first-order valence-electron chi connectivity index (χ1n) is 8.45. The first kappa shape index (κ1) is 16.9. The Bertz CT molecular complexity index is 788. The minimum Gasteiger partial charge on any atom is -0.278 e. The molecule has 0 aliphatic rings. The fourth-order valence-electron chi connectivity index (χ4n) is 2.53. The number of anilines is 1. The van der Waals surface area contributed by atoms with Gasteiger partial charge in [-0.25, -0.2) is 0 Å². The average Bonchev–Trinajstić information content (AvgIpc) is 2.63. The molecule has 1 heterocycles. The van der Waals surface area contributed by atoms with Gasteiger partial charge in [-0.1, -0.05) is 69.3 Å². The maximum Gasteiger partial charge on any atom is 0.116 e. The van der Waals surface area contributed by atoms with Gasteiger partial charge < -0.3 is 0 Å². The van der Waals surface area contributed by atoms with Crippen LogP contribution in [0.15, 0.2) is 84.1 Å². The quantitative estimate of drug-likeness (QED) is 0.525. The van der Waals surface area contributed by atoms with Crippen molar-refractivity contribution in [2.45, 2.75) is 26.2 Å². The van der Waals surface area contributed by atoms with Gasteiger partial charge in [0.2, 0.25) is 0 Å². The van der Waals surface area contributed by atoms with E-state index in [-0.39, 0.29) is 5.41 Å². The number of nitrogens with one attached hydrogen (secondary N) is 1. The predicted molar refractivity (Wildman–Crippen MR) is 105 cm³/mol. The third-order valence-electron chi connectivity index (χ3n) is 4.00. The highest BCUT2D eigenvalue weighted by Crippen LogP contribution is 2.23. The number of hydrogen-bond acceptors (Lipinski definition) is 3. The van der Waals surface area contributed by atoms with Crippen molar-refractivity contribution in [3.05, 3.63) is 95.8 Å². The van der Waals surface area contributed by atoms with E-state index >= 15 is 0 Å². The van der Waals surface area contributed by atoms with Crippen molar-refractivity contribution < 1.29 is 0 Å². The van der Waals surface area contributed by atoms with Crippen LogP contribution >= 0.6 is 0 Å². The van der Waals surface area contributed by atoms with Crippen LogP contribution in [0, 0.1) is 0 Å². The first-order valence-corrected chi connectivity index (χ1v) is 8.45. The number of benzene rings is 2. The summed E-state index contributed by atoms with van der Waals surface area (Å²) in [7, 11) is 0. The molecule has 0 spiro atoms. The molecule has 3 nitrogen and oxygen atoms in total. The number of rotatable bonds is 4. The van der Waals surface area contributed by atoms with Crippen LogP contribution in [0.25, 0.3) is 0 Å². The number of pyridine rings is 1. The van der Waals surface area contributed by atoms with Crippen molar-refractivity contribution in [1.82, 2.24) is 4.98 Å². The summed E-state index contributed by atoms with van der Waals surface area (Å²) in [6.07, 6.45) is 1.78. The van der Waals surface area contributed by atoms with E-state index < -0.39 is 0 Å². The van der Waals surface area contributed by atoms with Crippen molar-refractivity contribution in [2.24, 2.45) is 5.10 Å². The molecule has 0 aliphatic heterocycles. The van der Waals surface area contributed by atoms with Gasteiger partial charge in [-0.3, -0.25) is 10.4 Å². The summed E-state index contributed by atoms with van der Waals surface area (Å²) in [5, 5.41) is 4.63. The minimum absolute atomic E-state index is 0.144. The second-order valence-corrected chi connectivity index (χ2v) is 6.98. The van der Waals surface area contributed by atoms with E-state index in [1.807, 2.05) is 48.5 Å².